The van der Waals surface area contributed by atoms with E-state index in [1.54, 1.807) is 6.07 Å². The summed E-state index contributed by atoms with van der Waals surface area (Å²) in [5, 5.41) is 14.2. The molecule has 100 valence electrons. The van der Waals surface area contributed by atoms with Gasteiger partial charge in [0.2, 0.25) is 0 Å². The van der Waals surface area contributed by atoms with Gasteiger partial charge < -0.3 is 5.11 Å². The molecule has 2 aromatic rings. The highest BCUT2D eigenvalue weighted by Gasteiger charge is 2.31. The molecule has 0 saturated heterocycles. The van der Waals surface area contributed by atoms with Gasteiger partial charge in [-0.15, -0.1) is 0 Å². The quantitative estimate of drug-likeness (QED) is 0.939. The lowest BCUT2D eigenvalue weighted by Gasteiger charge is -2.04. The zero-order valence-electron chi connectivity index (χ0n) is 9.91. The number of aromatic nitrogens is 2. The molecule has 0 unspecified atom stereocenters. The van der Waals surface area contributed by atoms with Crippen molar-refractivity contribution in [1.82, 2.24) is 9.78 Å². The molecule has 6 heteroatoms. The maximum atomic E-state index is 13.5. The molecule has 3 rings (SSSR count). The zero-order valence-corrected chi connectivity index (χ0v) is 11.4. The van der Waals surface area contributed by atoms with Crippen LogP contribution in [-0.2, 0) is 6.61 Å². The molecule has 0 bridgehead atoms. The smallest absolute Gasteiger partial charge is 0.143 e. The molecule has 1 aromatic carbocycles. The first kappa shape index (κ1) is 12.9. The monoisotopic (exact) mass is 300 g/mol. The largest absolute Gasteiger partial charge is 0.391 e. The van der Waals surface area contributed by atoms with Crippen LogP contribution in [0.25, 0.3) is 5.69 Å². The van der Waals surface area contributed by atoms with Gasteiger partial charge in [0.1, 0.15) is 11.0 Å². The van der Waals surface area contributed by atoms with Gasteiger partial charge in [0.05, 0.1) is 23.0 Å². The Morgan fingerprint density at radius 1 is 1.37 bits per heavy atom. The van der Waals surface area contributed by atoms with Crippen molar-refractivity contribution < 1.29 is 9.50 Å². The van der Waals surface area contributed by atoms with Gasteiger partial charge in [0.15, 0.2) is 0 Å². The molecule has 19 heavy (non-hydrogen) atoms. The maximum Gasteiger partial charge on any atom is 0.143 e. The third kappa shape index (κ3) is 2.24. The van der Waals surface area contributed by atoms with E-state index < -0.39 is 5.82 Å². The molecule has 0 spiro atoms. The van der Waals surface area contributed by atoms with E-state index in [0.29, 0.717) is 22.3 Å². The highest BCUT2D eigenvalue weighted by molar-refractivity contribution is 6.31. The van der Waals surface area contributed by atoms with Crippen molar-refractivity contribution in [2.45, 2.75) is 25.4 Å². The Bertz CT molecular complexity index is 638. The van der Waals surface area contributed by atoms with Crippen molar-refractivity contribution in [3.05, 3.63) is 45.4 Å². The second-order valence-electron chi connectivity index (χ2n) is 4.60. The lowest BCUT2D eigenvalue weighted by atomic mass is 10.2. The molecular formula is C13H11Cl2FN2O. The van der Waals surface area contributed by atoms with Crippen LogP contribution >= 0.6 is 23.2 Å². The summed E-state index contributed by atoms with van der Waals surface area (Å²) in [7, 11) is 0. The van der Waals surface area contributed by atoms with Crippen molar-refractivity contribution in [3.8, 4) is 5.69 Å². The van der Waals surface area contributed by atoms with E-state index in [0.717, 1.165) is 18.5 Å². The number of benzene rings is 1. The molecule has 1 aliphatic carbocycles. The summed E-state index contributed by atoms with van der Waals surface area (Å²) in [5.74, 6) is -0.165. The third-order valence-corrected chi connectivity index (χ3v) is 3.92. The minimum Gasteiger partial charge on any atom is -0.391 e. The van der Waals surface area contributed by atoms with Crippen LogP contribution in [0.15, 0.2) is 18.2 Å². The molecule has 1 N–H and O–H groups in total. The van der Waals surface area contributed by atoms with E-state index in [9.17, 15) is 9.50 Å². The molecule has 0 radical (unpaired) electrons. The maximum absolute atomic E-state index is 13.5. The first-order valence-electron chi connectivity index (χ1n) is 5.95. The predicted octanol–water partition coefficient (Wildman–Crippen LogP) is 3.69. The lowest BCUT2D eigenvalue weighted by molar-refractivity contribution is 0.280. The third-order valence-electron chi connectivity index (χ3n) is 3.22. The van der Waals surface area contributed by atoms with Crippen LogP contribution in [0, 0.1) is 5.82 Å². The second-order valence-corrected chi connectivity index (χ2v) is 5.36. The number of halogens is 3. The molecule has 0 aliphatic heterocycles. The number of rotatable bonds is 3. The van der Waals surface area contributed by atoms with Crippen LogP contribution in [0.4, 0.5) is 4.39 Å². The van der Waals surface area contributed by atoms with E-state index in [2.05, 4.69) is 5.10 Å². The number of aliphatic hydroxyl groups excluding tert-OH is 1. The standard InChI is InChI=1S/C13H11Cl2FN2O/c14-10-4-3-8(5-11(10)16)18-13(15)9(6-19)12(17-18)7-1-2-7/h3-5,7,19H,1-2,6H2. The van der Waals surface area contributed by atoms with Gasteiger partial charge in [-0.2, -0.15) is 5.10 Å². The Labute approximate surface area is 119 Å². The average molecular weight is 301 g/mol. The van der Waals surface area contributed by atoms with Crippen molar-refractivity contribution in [2.24, 2.45) is 0 Å². The number of hydrogen-bond donors (Lipinski definition) is 1. The summed E-state index contributed by atoms with van der Waals surface area (Å²) in [5.41, 5.74) is 1.93. The Kier molecular flexibility index (Phi) is 3.25. The van der Waals surface area contributed by atoms with Crippen LogP contribution < -0.4 is 0 Å². The van der Waals surface area contributed by atoms with Crippen LogP contribution in [0.1, 0.15) is 30.0 Å². The molecule has 1 saturated carbocycles. The van der Waals surface area contributed by atoms with Crippen molar-refractivity contribution in [3.63, 3.8) is 0 Å². The number of aliphatic hydroxyl groups is 1. The normalized spacial score (nSPS) is 14.9. The highest BCUT2D eigenvalue weighted by atomic mass is 35.5. The van der Waals surface area contributed by atoms with Gasteiger partial charge in [0, 0.05) is 17.5 Å². The predicted molar refractivity (Wildman–Crippen MR) is 71.4 cm³/mol. The number of hydrogen-bond acceptors (Lipinski definition) is 2. The van der Waals surface area contributed by atoms with Gasteiger partial charge >= 0.3 is 0 Å². The zero-order chi connectivity index (χ0) is 13.6. The fourth-order valence-electron chi connectivity index (χ4n) is 2.06. The molecule has 3 nitrogen and oxygen atoms in total. The Balaban J connectivity index is 2.11. The average Bonchev–Trinajstić information content (AvgIpc) is 3.17. The van der Waals surface area contributed by atoms with Crippen molar-refractivity contribution in [2.75, 3.05) is 0 Å². The Morgan fingerprint density at radius 2 is 2.11 bits per heavy atom. The SMILES string of the molecule is OCc1c(C2CC2)nn(-c2ccc(Cl)c(F)c2)c1Cl. The van der Waals surface area contributed by atoms with E-state index in [4.69, 9.17) is 23.2 Å². The van der Waals surface area contributed by atoms with Crippen LogP contribution in [0.5, 0.6) is 0 Å². The van der Waals surface area contributed by atoms with Crippen molar-refractivity contribution >= 4 is 23.2 Å². The summed E-state index contributed by atoms with van der Waals surface area (Å²) in [6, 6.07) is 4.38. The van der Waals surface area contributed by atoms with Crippen LogP contribution in [0.3, 0.4) is 0 Å². The van der Waals surface area contributed by atoms with E-state index in [-0.39, 0.29) is 11.6 Å². The Hall–Kier alpha value is -1.10. The van der Waals surface area contributed by atoms with Gasteiger partial charge in [-0.1, -0.05) is 23.2 Å². The van der Waals surface area contributed by atoms with Crippen LogP contribution in [0.2, 0.25) is 10.2 Å². The first-order valence-corrected chi connectivity index (χ1v) is 6.71. The molecule has 1 aromatic heterocycles. The van der Waals surface area contributed by atoms with Gasteiger partial charge in [-0.05, 0) is 25.0 Å². The van der Waals surface area contributed by atoms with Gasteiger partial charge in [0.25, 0.3) is 0 Å². The molecule has 0 atom stereocenters. The topological polar surface area (TPSA) is 38.1 Å². The Morgan fingerprint density at radius 3 is 2.68 bits per heavy atom. The molecule has 1 heterocycles. The minimum absolute atomic E-state index is 0.0526. The summed E-state index contributed by atoms with van der Waals surface area (Å²) in [6.07, 6.45) is 2.10. The van der Waals surface area contributed by atoms with Gasteiger partial charge in [-0.3, -0.25) is 0 Å². The molecule has 1 aliphatic rings. The fraction of sp³-hybridized carbons (Fsp3) is 0.308. The molecular weight excluding hydrogens is 290 g/mol. The summed E-state index contributed by atoms with van der Waals surface area (Å²) >= 11 is 11.9. The number of nitrogens with zero attached hydrogens (tertiary/aromatic N) is 2. The van der Waals surface area contributed by atoms with Crippen LogP contribution in [-0.4, -0.2) is 14.9 Å². The van der Waals surface area contributed by atoms with Crippen molar-refractivity contribution in [1.29, 1.82) is 0 Å². The summed E-state index contributed by atoms with van der Waals surface area (Å²) in [6.45, 7) is -0.166. The van der Waals surface area contributed by atoms with E-state index in [1.807, 2.05) is 0 Å². The highest BCUT2D eigenvalue weighted by Crippen LogP contribution is 2.43. The molecule has 0 amide bonds. The summed E-state index contributed by atoms with van der Waals surface area (Å²) in [4.78, 5) is 0. The lowest BCUT2D eigenvalue weighted by Crippen LogP contribution is -1.98. The van der Waals surface area contributed by atoms with E-state index in [1.165, 1.54) is 16.8 Å². The first-order chi connectivity index (χ1) is 9.11. The summed E-state index contributed by atoms with van der Waals surface area (Å²) < 4.78 is 14.9. The minimum atomic E-state index is -0.524. The molecule has 1 fully saturated rings. The van der Waals surface area contributed by atoms with E-state index >= 15 is 0 Å². The second kappa shape index (κ2) is 4.78. The fourth-order valence-corrected chi connectivity index (χ4v) is 2.47. The van der Waals surface area contributed by atoms with Gasteiger partial charge in [-0.25, -0.2) is 9.07 Å².